The molecule has 0 aromatic carbocycles. The molecule has 1 unspecified atom stereocenters. The lowest BCUT2D eigenvalue weighted by molar-refractivity contribution is -0.870. The van der Waals surface area contributed by atoms with Crippen LogP contribution in [0.5, 0.6) is 0 Å². The van der Waals surface area contributed by atoms with Crippen LogP contribution in [0.2, 0.25) is 0 Å². The van der Waals surface area contributed by atoms with Crippen LogP contribution in [0.25, 0.3) is 0 Å². The Bertz CT molecular complexity index is 155. The Labute approximate surface area is 85.7 Å². The van der Waals surface area contributed by atoms with E-state index in [1.807, 2.05) is 0 Å². The standard InChI is InChI=1S/C5H14NO.C4H9NO2/c1-6(2,3)4-5-7;1-2-3(5)4(6)7/h7H,4-5H2,1-3H3;3H,2,5H2,1H3,(H,6,7)/q+1;/p-1. The summed E-state index contributed by atoms with van der Waals surface area (Å²) in [6.07, 6.45) is 0.433. The van der Waals surface area contributed by atoms with Crippen molar-refractivity contribution in [2.24, 2.45) is 5.73 Å². The van der Waals surface area contributed by atoms with Gasteiger partial charge in [0, 0.05) is 6.04 Å². The number of nitrogens with zero attached hydrogens (tertiary/aromatic N) is 1. The second-order valence-electron chi connectivity index (χ2n) is 4.07. The van der Waals surface area contributed by atoms with Crippen molar-refractivity contribution in [3.05, 3.63) is 0 Å². The zero-order valence-corrected chi connectivity index (χ0v) is 9.49. The molecule has 5 heteroatoms. The molecule has 0 bridgehead atoms. The van der Waals surface area contributed by atoms with Crippen molar-refractivity contribution >= 4 is 5.97 Å². The van der Waals surface area contributed by atoms with Crippen LogP contribution < -0.4 is 10.8 Å². The number of carbonyl (C=O) groups is 1. The Balaban J connectivity index is 0. The van der Waals surface area contributed by atoms with E-state index in [0.29, 0.717) is 6.42 Å². The first-order valence-electron chi connectivity index (χ1n) is 4.62. The number of carboxylic acids is 1. The first-order chi connectivity index (χ1) is 6.24. The molecule has 0 rings (SSSR count). The predicted octanol–water partition coefficient (Wildman–Crippen LogP) is -1.84. The van der Waals surface area contributed by atoms with Crippen LogP contribution in [0, 0.1) is 0 Å². The largest absolute Gasteiger partial charge is 0.548 e. The molecule has 0 radical (unpaired) electrons. The van der Waals surface area contributed by atoms with Gasteiger partial charge in [-0.1, -0.05) is 6.92 Å². The molecule has 0 aliphatic heterocycles. The fraction of sp³-hybridized carbons (Fsp3) is 0.889. The quantitative estimate of drug-likeness (QED) is 0.529. The van der Waals surface area contributed by atoms with Gasteiger partial charge in [0.1, 0.15) is 6.54 Å². The minimum Gasteiger partial charge on any atom is -0.548 e. The van der Waals surface area contributed by atoms with Gasteiger partial charge < -0.3 is 25.2 Å². The van der Waals surface area contributed by atoms with E-state index in [9.17, 15) is 9.90 Å². The number of hydrogen-bond donors (Lipinski definition) is 2. The van der Waals surface area contributed by atoms with Crippen molar-refractivity contribution in [1.29, 1.82) is 0 Å². The van der Waals surface area contributed by atoms with E-state index in [1.54, 1.807) is 6.92 Å². The maximum Gasteiger partial charge on any atom is 0.101 e. The highest BCUT2D eigenvalue weighted by Gasteiger charge is 2.02. The first-order valence-corrected chi connectivity index (χ1v) is 4.62. The number of carboxylic acid groups (broad SMARTS) is 1. The number of carbonyl (C=O) groups excluding carboxylic acids is 1. The lowest BCUT2D eigenvalue weighted by Gasteiger charge is -2.21. The molecule has 0 saturated carbocycles. The number of aliphatic carboxylic acids is 1. The molecule has 0 aromatic rings. The van der Waals surface area contributed by atoms with E-state index in [2.05, 4.69) is 21.1 Å². The summed E-state index contributed by atoms with van der Waals surface area (Å²) in [7, 11) is 6.16. The number of aliphatic hydroxyl groups excluding tert-OH is 1. The third kappa shape index (κ3) is 13.9. The molecule has 0 amide bonds. The Kier molecular flexibility index (Phi) is 8.72. The first kappa shape index (κ1) is 15.8. The third-order valence-electron chi connectivity index (χ3n) is 1.51. The summed E-state index contributed by atoms with van der Waals surface area (Å²) in [6, 6.07) is -0.792. The average Bonchev–Trinajstić information content (AvgIpc) is 2.01. The van der Waals surface area contributed by atoms with E-state index in [1.165, 1.54) is 0 Å². The zero-order valence-electron chi connectivity index (χ0n) is 9.49. The molecule has 5 nitrogen and oxygen atoms in total. The molecule has 14 heavy (non-hydrogen) atoms. The molecule has 0 saturated heterocycles. The van der Waals surface area contributed by atoms with E-state index >= 15 is 0 Å². The van der Waals surface area contributed by atoms with Crippen molar-refractivity contribution in [3.63, 3.8) is 0 Å². The van der Waals surface area contributed by atoms with Gasteiger partial charge in [0.15, 0.2) is 0 Å². The summed E-state index contributed by atoms with van der Waals surface area (Å²) in [6.45, 7) is 2.81. The summed E-state index contributed by atoms with van der Waals surface area (Å²) in [5, 5.41) is 18.1. The summed E-state index contributed by atoms with van der Waals surface area (Å²) in [5.74, 6) is -1.18. The highest BCUT2D eigenvalue weighted by molar-refractivity contribution is 5.70. The molecule has 0 aliphatic rings. The van der Waals surface area contributed by atoms with Crippen LogP contribution in [0.15, 0.2) is 0 Å². The normalized spacial score (nSPS) is 12.7. The lowest BCUT2D eigenvalue weighted by Crippen LogP contribution is -2.41. The van der Waals surface area contributed by atoms with Crippen LogP contribution in [-0.2, 0) is 4.79 Å². The van der Waals surface area contributed by atoms with Crippen LogP contribution >= 0.6 is 0 Å². The van der Waals surface area contributed by atoms with Crippen molar-refractivity contribution in [3.8, 4) is 0 Å². The number of hydrogen-bond acceptors (Lipinski definition) is 4. The topological polar surface area (TPSA) is 86.4 Å². The third-order valence-corrected chi connectivity index (χ3v) is 1.51. The molecule has 0 spiro atoms. The molecule has 3 N–H and O–H groups in total. The molecule has 0 aromatic heterocycles. The summed E-state index contributed by atoms with van der Waals surface area (Å²) >= 11 is 0. The molecule has 86 valence electrons. The number of likely N-dealkylation sites (N-methyl/N-ethyl adjacent to an activating group) is 1. The van der Waals surface area contributed by atoms with E-state index in [4.69, 9.17) is 10.8 Å². The number of rotatable bonds is 4. The Morgan fingerprint density at radius 3 is 1.93 bits per heavy atom. The van der Waals surface area contributed by atoms with Gasteiger partial charge in [-0.15, -0.1) is 0 Å². The van der Waals surface area contributed by atoms with E-state index in [0.717, 1.165) is 11.0 Å². The van der Waals surface area contributed by atoms with Gasteiger partial charge in [-0.05, 0) is 6.42 Å². The second kappa shape index (κ2) is 7.73. The van der Waals surface area contributed by atoms with Crippen LogP contribution in [-0.4, -0.2) is 55.9 Å². The van der Waals surface area contributed by atoms with Crippen molar-refractivity contribution in [1.82, 2.24) is 0 Å². The van der Waals surface area contributed by atoms with Gasteiger partial charge in [0.25, 0.3) is 0 Å². The van der Waals surface area contributed by atoms with Gasteiger partial charge in [-0.2, -0.15) is 0 Å². The molecule has 0 heterocycles. The monoisotopic (exact) mass is 206 g/mol. The highest BCUT2D eigenvalue weighted by Crippen LogP contribution is 1.84. The number of nitrogens with two attached hydrogens (primary N) is 1. The van der Waals surface area contributed by atoms with E-state index < -0.39 is 12.0 Å². The van der Waals surface area contributed by atoms with Crippen molar-refractivity contribution in [2.45, 2.75) is 19.4 Å². The lowest BCUT2D eigenvalue weighted by atomic mass is 10.2. The van der Waals surface area contributed by atoms with Crippen LogP contribution in [0.3, 0.4) is 0 Å². The van der Waals surface area contributed by atoms with Gasteiger partial charge >= 0.3 is 0 Å². The Hall–Kier alpha value is -0.650. The molecule has 0 aliphatic carbocycles. The average molecular weight is 206 g/mol. The van der Waals surface area contributed by atoms with Crippen molar-refractivity contribution < 1.29 is 19.5 Å². The molecule has 1 atom stereocenters. The number of quaternary nitrogens is 1. The van der Waals surface area contributed by atoms with Crippen LogP contribution in [0.1, 0.15) is 13.3 Å². The maximum absolute atomic E-state index is 9.69. The van der Waals surface area contributed by atoms with Gasteiger partial charge in [0.2, 0.25) is 0 Å². The maximum atomic E-state index is 9.69. The SMILES string of the molecule is CCC(N)C(=O)[O-].C[N+](C)(C)CCO. The van der Waals surface area contributed by atoms with Crippen LogP contribution in [0.4, 0.5) is 0 Å². The summed E-state index contributed by atoms with van der Waals surface area (Å²) in [5.41, 5.74) is 4.95. The fourth-order valence-corrected chi connectivity index (χ4v) is 0.467. The minimum atomic E-state index is -1.18. The number of aliphatic hydroxyl groups is 1. The van der Waals surface area contributed by atoms with Gasteiger partial charge in [-0.3, -0.25) is 0 Å². The summed E-state index contributed by atoms with van der Waals surface area (Å²) < 4.78 is 0.844. The fourth-order valence-electron chi connectivity index (χ4n) is 0.467. The molecular formula is C9H22N2O3. The van der Waals surface area contributed by atoms with Crippen molar-refractivity contribution in [2.75, 3.05) is 34.3 Å². The highest BCUT2D eigenvalue weighted by atomic mass is 16.4. The second-order valence-corrected chi connectivity index (χ2v) is 4.07. The summed E-state index contributed by atoms with van der Waals surface area (Å²) in [4.78, 5) is 9.69. The molecule has 0 fully saturated rings. The van der Waals surface area contributed by atoms with E-state index in [-0.39, 0.29) is 6.61 Å². The predicted molar refractivity (Wildman–Crippen MR) is 53.3 cm³/mol. The van der Waals surface area contributed by atoms with Gasteiger partial charge in [0.05, 0.1) is 33.7 Å². The molecular weight excluding hydrogens is 184 g/mol. The Morgan fingerprint density at radius 1 is 1.50 bits per heavy atom. The smallest absolute Gasteiger partial charge is 0.101 e. The minimum absolute atomic E-state index is 0.281. The van der Waals surface area contributed by atoms with Gasteiger partial charge in [-0.25, -0.2) is 0 Å². The zero-order chi connectivity index (χ0) is 11.8. The Morgan fingerprint density at radius 2 is 1.93 bits per heavy atom.